The maximum atomic E-state index is 12.6. The predicted molar refractivity (Wildman–Crippen MR) is 148 cm³/mol. The predicted octanol–water partition coefficient (Wildman–Crippen LogP) is 3.47. The molecule has 2 aromatic carbocycles. The van der Waals surface area contributed by atoms with Gasteiger partial charge in [0.2, 0.25) is 5.91 Å². The molecule has 3 aromatic rings. The number of aromatic nitrogens is 1. The van der Waals surface area contributed by atoms with Gasteiger partial charge >= 0.3 is 0 Å². The summed E-state index contributed by atoms with van der Waals surface area (Å²) in [7, 11) is 0. The van der Waals surface area contributed by atoms with Gasteiger partial charge in [0.25, 0.3) is 0 Å². The Labute approximate surface area is 223 Å². The molecule has 0 bridgehead atoms. The molecule has 2 atom stereocenters. The highest BCUT2D eigenvalue weighted by Gasteiger charge is 2.29. The number of rotatable bonds is 10. The van der Waals surface area contributed by atoms with E-state index >= 15 is 0 Å². The second-order valence-corrected chi connectivity index (χ2v) is 10.9. The van der Waals surface area contributed by atoms with E-state index in [2.05, 4.69) is 32.6 Å². The third-order valence-electron chi connectivity index (χ3n) is 7.42. The monoisotopic (exact) mass is 519 g/mol. The second-order valence-electron chi connectivity index (χ2n) is 10.0. The Morgan fingerprint density at radius 2 is 1.70 bits per heavy atom. The molecule has 0 spiro atoms. The molecular formula is C29H37N5O2S. The minimum Gasteiger partial charge on any atom is -0.378 e. The van der Waals surface area contributed by atoms with Crippen molar-refractivity contribution in [3.05, 3.63) is 82.9 Å². The molecule has 2 fully saturated rings. The number of nitrogens with zero attached hydrogens (tertiary/aromatic N) is 4. The van der Waals surface area contributed by atoms with Gasteiger partial charge in [0.1, 0.15) is 6.23 Å². The van der Waals surface area contributed by atoms with Crippen LogP contribution in [-0.2, 0) is 24.2 Å². The van der Waals surface area contributed by atoms with Gasteiger partial charge < -0.3 is 15.3 Å². The van der Waals surface area contributed by atoms with Crippen LogP contribution in [0.3, 0.4) is 0 Å². The van der Waals surface area contributed by atoms with Gasteiger partial charge in [0.15, 0.2) is 5.13 Å². The number of thiazole rings is 1. The number of piperazine rings is 1. The molecular weight excluding hydrogens is 482 g/mol. The number of nitrogens with one attached hydrogen (secondary N) is 1. The van der Waals surface area contributed by atoms with Gasteiger partial charge in [-0.1, -0.05) is 60.7 Å². The fourth-order valence-corrected chi connectivity index (χ4v) is 6.06. The number of aliphatic hydroxyl groups excluding tert-OH is 1. The molecule has 2 saturated heterocycles. The van der Waals surface area contributed by atoms with E-state index in [0.29, 0.717) is 18.9 Å². The number of anilines is 1. The Morgan fingerprint density at radius 3 is 2.43 bits per heavy atom. The van der Waals surface area contributed by atoms with Crippen LogP contribution >= 0.6 is 11.3 Å². The van der Waals surface area contributed by atoms with Gasteiger partial charge in [0.05, 0.1) is 12.1 Å². The summed E-state index contributed by atoms with van der Waals surface area (Å²) in [6.45, 7) is 5.82. The van der Waals surface area contributed by atoms with E-state index in [9.17, 15) is 9.90 Å². The van der Waals surface area contributed by atoms with Crippen molar-refractivity contribution >= 4 is 22.4 Å². The van der Waals surface area contributed by atoms with Crippen LogP contribution in [0.5, 0.6) is 0 Å². The Morgan fingerprint density at radius 1 is 1.00 bits per heavy atom. The number of hydrogen-bond donors (Lipinski definition) is 2. The summed E-state index contributed by atoms with van der Waals surface area (Å²) in [4.78, 5) is 24.1. The van der Waals surface area contributed by atoms with Gasteiger partial charge in [-0.25, -0.2) is 4.98 Å². The molecule has 5 rings (SSSR count). The Kier molecular flexibility index (Phi) is 8.84. The fourth-order valence-electron chi connectivity index (χ4n) is 5.34. The number of likely N-dealkylation sites (tertiary alicyclic amines) is 1. The zero-order valence-corrected chi connectivity index (χ0v) is 22.2. The number of aliphatic hydroxyl groups is 1. The minimum absolute atomic E-state index is 0.209. The summed E-state index contributed by atoms with van der Waals surface area (Å²) in [6, 6.07) is 20.5. The molecule has 3 heterocycles. The zero-order valence-electron chi connectivity index (χ0n) is 21.3. The van der Waals surface area contributed by atoms with Crippen LogP contribution < -0.4 is 5.32 Å². The average Bonchev–Trinajstić information content (AvgIpc) is 3.58. The number of amides is 1. The highest BCUT2D eigenvalue weighted by molar-refractivity contribution is 7.13. The lowest BCUT2D eigenvalue weighted by Gasteiger charge is -2.34. The first-order chi connectivity index (χ1) is 18.1. The maximum Gasteiger partial charge on any atom is 0.227 e. The topological polar surface area (TPSA) is 71.9 Å². The van der Waals surface area contributed by atoms with Crippen molar-refractivity contribution in [2.24, 2.45) is 0 Å². The molecule has 0 radical (unpaired) electrons. The van der Waals surface area contributed by atoms with Crippen molar-refractivity contribution in [1.82, 2.24) is 19.7 Å². The van der Waals surface area contributed by atoms with E-state index in [1.165, 1.54) is 5.56 Å². The second kappa shape index (κ2) is 12.6. The van der Waals surface area contributed by atoms with E-state index in [0.717, 1.165) is 75.0 Å². The highest BCUT2D eigenvalue weighted by atomic mass is 32.1. The molecule has 0 aliphatic carbocycles. The fraction of sp³-hybridized carbons (Fsp3) is 0.448. The lowest BCUT2D eigenvalue weighted by Crippen LogP contribution is -2.48. The van der Waals surface area contributed by atoms with Gasteiger partial charge in [-0.15, -0.1) is 11.3 Å². The lowest BCUT2D eigenvalue weighted by molar-refractivity contribution is -0.132. The van der Waals surface area contributed by atoms with Crippen LogP contribution in [0.15, 0.2) is 66.0 Å². The standard InChI is InChI=1S/C29H37N5O2S/c35-27(18-23-8-3-1-4-9-23)33-16-14-32(15-17-33)21-25-22-37-29(31-25)30-20-26-12-7-13-34(26)28(36)19-24-10-5-2-6-11-24/h1-6,8-11,22,26,28,36H,7,12-21H2,(H,30,31). The van der Waals surface area contributed by atoms with E-state index in [4.69, 9.17) is 4.98 Å². The van der Waals surface area contributed by atoms with Crippen molar-refractivity contribution in [3.63, 3.8) is 0 Å². The molecule has 196 valence electrons. The SMILES string of the molecule is O=C(Cc1ccccc1)N1CCN(Cc2csc(NCC3CCCN3C(O)Cc3ccccc3)n2)CC1. The summed E-state index contributed by atoms with van der Waals surface area (Å²) >= 11 is 1.65. The van der Waals surface area contributed by atoms with Gasteiger partial charge in [-0.2, -0.15) is 0 Å². The quantitative estimate of drug-likeness (QED) is 0.428. The molecule has 2 N–H and O–H groups in total. The Balaban J connectivity index is 1.05. The van der Waals surface area contributed by atoms with Crippen LogP contribution in [0.1, 0.15) is 29.7 Å². The summed E-state index contributed by atoms with van der Waals surface area (Å²) < 4.78 is 0. The Hall–Kier alpha value is -2.78. The van der Waals surface area contributed by atoms with E-state index in [1.54, 1.807) is 11.3 Å². The largest absolute Gasteiger partial charge is 0.378 e. The van der Waals surface area contributed by atoms with Crippen molar-refractivity contribution in [3.8, 4) is 0 Å². The number of carbonyl (C=O) groups is 1. The van der Waals surface area contributed by atoms with Gasteiger partial charge in [-0.05, 0) is 24.0 Å². The van der Waals surface area contributed by atoms with Crippen molar-refractivity contribution in [1.29, 1.82) is 0 Å². The third kappa shape index (κ3) is 7.17. The van der Waals surface area contributed by atoms with Crippen LogP contribution in [0.4, 0.5) is 5.13 Å². The van der Waals surface area contributed by atoms with Crippen LogP contribution in [0, 0.1) is 0 Å². The maximum absolute atomic E-state index is 12.6. The van der Waals surface area contributed by atoms with Gasteiger partial charge in [-0.3, -0.25) is 14.6 Å². The molecule has 1 aromatic heterocycles. The van der Waals surface area contributed by atoms with Crippen molar-refractivity contribution < 1.29 is 9.90 Å². The number of carbonyl (C=O) groups excluding carboxylic acids is 1. The van der Waals surface area contributed by atoms with Crippen LogP contribution in [0.2, 0.25) is 0 Å². The molecule has 2 aliphatic rings. The molecule has 0 saturated carbocycles. The van der Waals surface area contributed by atoms with Crippen molar-refractivity contribution in [2.75, 3.05) is 44.6 Å². The first-order valence-electron chi connectivity index (χ1n) is 13.3. The van der Waals surface area contributed by atoms with E-state index in [1.807, 2.05) is 53.4 Å². The van der Waals surface area contributed by atoms with Crippen molar-refractivity contribution in [2.45, 2.75) is 44.5 Å². The first kappa shape index (κ1) is 25.9. The summed E-state index contributed by atoms with van der Waals surface area (Å²) in [5.74, 6) is 0.209. The molecule has 37 heavy (non-hydrogen) atoms. The van der Waals surface area contributed by atoms with Crippen LogP contribution in [-0.4, -0.2) is 82.2 Å². The molecule has 2 aliphatic heterocycles. The number of benzene rings is 2. The van der Waals surface area contributed by atoms with E-state index < -0.39 is 6.23 Å². The van der Waals surface area contributed by atoms with Gasteiger partial charge in [0, 0.05) is 63.7 Å². The smallest absolute Gasteiger partial charge is 0.227 e. The summed E-state index contributed by atoms with van der Waals surface area (Å²) in [5.41, 5.74) is 3.31. The summed E-state index contributed by atoms with van der Waals surface area (Å²) in [6.07, 6.45) is 2.88. The average molecular weight is 520 g/mol. The normalized spacial score (nSPS) is 19.7. The first-order valence-corrected chi connectivity index (χ1v) is 14.2. The molecule has 1 amide bonds. The summed E-state index contributed by atoms with van der Waals surface area (Å²) in [5, 5.41) is 17.4. The molecule has 8 heteroatoms. The zero-order chi connectivity index (χ0) is 25.5. The lowest BCUT2D eigenvalue weighted by atomic mass is 10.1. The third-order valence-corrected chi connectivity index (χ3v) is 8.26. The number of hydrogen-bond acceptors (Lipinski definition) is 7. The molecule has 2 unspecified atom stereocenters. The van der Waals surface area contributed by atoms with E-state index in [-0.39, 0.29) is 5.91 Å². The minimum atomic E-state index is -0.457. The Bertz CT molecular complexity index is 1120. The van der Waals surface area contributed by atoms with Crippen LogP contribution in [0.25, 0.3) is 0 Å². The highest BCUT2D eigenvalue weighted by Crippen LogP contribution is 2.23. The molecule has 7 nitrogen and oxygen atoms in total.